The lowest BCUT2D eigenvalue weighted by molar-refractivity contribution is 0.0693. The quantitative estimate of drug-likeness (QED) is 0.944. The number of anilines is 1. The number of carboxylic acid groups (broad SMARTS) is 1. The second-order valence-corrected chi connectivity index (χ2v) is 5.62. The van der Waals surface area contributed by atoms with Gasteiger partial charge in [-0.2, -0.15) is 0 Å². The van der Waals surface area contributed by atoms with E-state index in [-0.39, 0.29) is 11.6 Å². The van der Waals surface area contributed by atoms with Crippen LogP contribution in [0.25, 0.3) is 0 Å². The lowest BCUT2D eigenvalue weighted by Gasteiger charge is -2.19. The number of nitrogens with zero attached hydrogens (tertiary/aromatic N) is 2. The van der Waals surface area contributed by atoms with Crippen molar-refractivity contribution >= 4 is 11.7 Å². The van der Waals surface area contributed by atoms with Crippen LogP contribution in [0.1, 0.15) is 28.4 Å². The van der Waals surface area contributed by atoms with Crippen LogP contribution in [-0.4, -0.2) is 28.7 Å². The molecule has 0 radical (unpaired) electrons. The fourth-order valence-electron chi connectivity index (χ4n) is 3.03. The van der Waals surface area contributed by atoms with Crippen LogP contribution in [0.2, 0.25) is 0 Å². The van der Waals surface area contributed by atoms with E-state index in [9.17, 15) is 14.7 Å². The molecule has 2 aromatic rings. The molecule has 5 heteroatoms. The van der Waals surface area contributed by atoms with E-state index >= 15 is 0 Å². The molecular weight excluding hydrogens is 280 g/mol. The van der Waals surface area contributed by atoms with Crippen LogP contribution in [0.3, 0.4) is 0 Å². The monoisotopic (exact) mass is 298 g/mol. The van der Waals surface area contributed by atoms with Gasteiger partial charge in [0.15, 0.2) is 0 Å². The summed E-state index contributed by atoms with van der Waals surface area (Å²) in [6.07, 6.45) is 2.54. The van der Waals surface area contributed by atoms with Crippen LogP contribution < -0.4 is 10.5 Å². The van der Waals surface area contributed by atoms with E-state index in [2.05, 4.69) is 4.90 Å². The van der Waals surface area contributed by atoms with Gasteiger partial charge >= 0.3 is 5.97 Å². The Kier molecular flexibility index (Phi) is 3.71. The van der Waals surface area contributed by atoms with Crippen LogP contribution in [0.5, 0.6) is 0 Å². The van der Waals surface area contributed by atoms with E-state index in [1.54, 1.807) is 23.8 Å². The number of hydrogen-bond donors (Lipinski definition) is 1. The van der Waals surface area contributed by atoms with Gasteiger partial charge in [0.2, 0.25) is 0 Å². The van der Waals surface area contributed by atoms with Crippen molar-refractivity contribution in [1.29, 1.82) is 0 Å². The maximum atomic E-state index is 12.4. The second kappa shape index (κ2) is 5.67. The average Bonchev–Trinajstić information content (AvgIpc) is 2.97. The maximum Gasteiger partial charge on any atom is 0.341 e. The van der Waals surface area contributed by atoms with Gasteiger partial charge in [0.25, 0.3) is 5.56 Å². The van der Waals surface area contributed by atoms with Crippen molar-refractivity contribution in [3.8, 4) is 0 Å². The van der Waals surface area contributed by atoms with E-state index in [0.717, 1.165) is 18.7 Å². The lowest BCUT2D eigenvalue weighted by atomic mass is 10.1. The molecule has 1 fully saturated rings. The number of aromatic carboxylic acids is 1. The molecule has 1 atom stereocenters. The summed E-state index contributed by atoms with van der Waals surface area (Å²) in [5, 5.41) is 9.22. The molecule has 3 rings (SSSR count). The van der Waals surface area contributed by atoms with E-state index in [1.807, 2.05) is 30.3 Å². The summed E-state index contributed by atoms with van der Waals surface area (Å²) in [5.41, 5.74) is 1.10. The Hall–Kier alpha value is -2.56. The van der Waals surface area contributed by atoms with Gasteiger partial charge in [-0.25, -0.2) is 4.79 Å². The van der Waals surface area contributed by atoms with Gasteiger partial charge in [-0.1, -0.05) is 18.2 Å². The van der Waals surface area contributed by atoms with Gasteiger partial charge in [0.1, 0.15) is 5.56 Å². The van der Waals surface area contributed by atoms with Crippen molar-refractivity contribution in [1.82, 2.24) is 4.57 Å². The summed E-state index contributed by atoms with van der Waals surface area (Å²) in [7, 11) is 0. The minimum absolute atomic E-state index is 0.00593. The van der Waals surface area contributed by atoms with Crippen LogP contribution >= 0.6 is 0 Å². The minimum atomic E-state index is -1.16. The van der Waals surface area contributed by atoms with Crippen molar-refractivity contribution in [2.75, 3.05) is 18.0 Å². The number of rotatable bonds is 3. The summed E-state index contributed by atoms with van der Waals surface area (Å²) < 4.78 is 1.57. The molecule has 5 nitrogen and oxygen atoms in total. The Morgan fingerprint density at radius 2 is 1.95 bits per heavy atom. The number of carboxylic acids is 1. The van der Waals surface area contributed by atoms with Gasteiger partial charge in [-0.3, -0.25) is 4.79 Å². The van der Waals surface area contributed by atoms with E-state index in [0.29, 0.717) is 12.1 Å². The SMILES string of the molecule is Cc1ccn(C2CCN(c3ccccc3)C2)c(=O)c1C(=O)O. The third-order valence-electron chi connectivity index (χ3n) is 4.22. The van der Waals surface area contributed by atoms with Crippen LogP contribution in [-0.2, 0) is 0 Å². The van der Waals surface area contributed by atoms with E-state index in [4.69, 9.17) is 0 Å². The van der Waals surface area contributed by atoms with E-state index < -0.39 is 11.5 Å². The fourth-order valence-corrected chi connectivity index (χ4v) is 3.03. The molecule has 1 aliphatic rings. The molecule has 1 aromatic carbocycles. The third-order valence-corrected chi connectivity index (χ3v) is 4.22. The molecule has 0 aliphatic carbocycles. The standard InChI is InChI=1S/C17H18N2O3/c1-12-7-10-19(16(20)15(12)17(21)22)14-8-9-18(11-14)13-5-3-2-4-6-13/h2-7,10,14H,8-9,11H2,1H3,(H,21,22). The smallest absolute Gasteiger partial charge is 0.341 e. The predicted molar refractivity (Wildman–Crippen MR) is 84.7 cm³/mol. The van der Waals surface area contributed by atoms with Gasteiger partial charge in [-0.05, 0) is 37.1 Å². The maximum absolute atomic E-state index is 12.4. The fraction of sp³-hybridized carbons (Fsp3) is 0.294. The molecule has 1 aromatic heterocycles. The highest BCUT2D eigenvalue weighted by molar-refractivity contribution is 5.88. The summed E-state index contributed by atoms with van der Waals surface area (Å²) in [6, 6.07) is 11.8. The predicted octanol–water partition coefficient (Wildman–Crippen LogP) is 2.31. The summed E-state index contributed by atoms with van der Waals surface area (Å²) in [4.78, 5) is 25.9. The number of hydrogen-bond acceptors (Lipinski definition) is 3. The summed E-state index contributed by atoms with van der Waals surface area (Å²) in [6.45, 7) is 3.23. The second-order valence-electron chi connectivity index (χ2n) is 5.62. The molecule has 0 amide bonds. The molecule has 0 spiro atoms. The van der Waals surface area contributed by atoms with Crippen molar-refractivity contribution in [2.45, 2.75) is 19.4 Å². The third kappa shape index (κ3) is 2.50. The summed E-state index contributed by atoms with van der Waals surface area (Å²) >= 11 is 0. The molecular formula is C17H18N2O3. The first-order valence-electron chi connectivity index (χ1n) is 7.33. The Labute approximate surface area is 128 Å². The molecule has 1 saturated heterocycles. The highest BCUT2D eigenvalue weighted by Gasteiger charge is 2.26. The molecule has 1 unspecified atom stereocenters. The van der Waals surface area contributed by atoms with Gasteiger partial charge in [0.05, 0.1) is 6.04 Å². The van der Waals surface area contributed by atoms with Crippen molar-refractivity contribution < 1.29 is 9.90 Å². The average molecular weight is 298 g/mol. The van der Waals surface area contributed by atoms with E-state index in [1.165, 1.54) is 0 Å². The van der Waals surface area contributed by atoms with Crippen LogP contribution in [0.4, 0.5) is 5.69 Å². The zero-order chi connectivity index (χ0) is 15.7. The van der Waals surface area contributed by atoms with Gasteiger partial charge < -0.3 is 14.6 Å². The summed E-state index contributed by atoms with van der Waals surface area (Å²) in [5.74, 6) is -1.16. The highest BCUT2D eigenvalue weighted by atomic mass is 16.4. The Bertz CT molecular complexity index is 752. The first kappa shape index (κ1) is 14.4. The number of pyridine rings is 1. The lowest BCUT2D eigenvalue weighted by Crippen LogP contribution is -2.31. The van der Waals surface area contributed by atoms with Crippen molar-refractivity contribution in [3.05, 3.63) is 64.1 Å². The molecule has 114 valence electrons. The topological polar surface area (TPSA) is 62.5 Å². The molecule has 2 heterocycles. The van der Waals surface area contributed by atoms with Crippen LogP contribution in [0, 0.1) is 6.92 Å². The molecule has 0 saturated carbocycles. The first-order chi connectivity index (χ1) is 10.6. The Morgan fingerprint density at radius 1 is 1.23 bits per heavy atom. The minimum Gasteiger partial charge on any atom is -0.477 e. The first-order valence-corrected chi connectivity index (χ1v) is 7.33. The normalized spacial score (nSPS) is 17.7. The molecule has 0 bridgehead atoms. The van der Waals surface area contributed by atoms with Gasteiger partial charge in [-0.15, -0.1) is 0 Å². The zero-order valence-electron chi connectivity index (χ0n) is 12.4. The van der Waals surface area contributed by atoms with Crippen LogP contribution in [0.15, 0.2) is 47.4 Å². The number of para-hydroxylation sites is 1. The number of benzene rings is 1. The van der Waals surface area contributed by atoms with Crippen molar-refractivity contribution in [2.24, 2.45) is 0 Å². The molecule has 1 aliphatic heterocycles. The number of carbonyl (C=O) groups is 1. The Balaban J connectivity index is 1.89. The van der Waals surface area contributed by atoms with Gasteiger partial charge in [0, 0.05) is 25.0 Å². The zero-order valence-corrected chi connectivity index (χ0v) is 12.4. The Morgan fingerprint density at radius 3 is 2.64 bits per heavy atom. The van der Waals surface area contributed by atoms with Crippen molar-refractivity contribution in [3.63, 3.8) is 0 Å². The number of aromatic nitrogens is 1. The molecule has 22 heavy (non-hydrogen) atoms. The number of aryl methyl sites for hydroxylation is 1. The highest BCUT2D eigenvalue weighted by Crippen LogP contribution is 2.26. The largest absolute Gasteiger partial charge is 0.477 e. The molecule has 1 N–H and O–H groups in total.